The average molecular weight is 551 g/mol. The molecular weight excluding hydrogens is 521 g/mol. The van der Waals surface area contributed by atoms with Crippen molar-refractivity contribution in [3.63, 3.8) is 0 Å². The molecule has 1 saturated heterocycles. The van der Waals surface area contributed by atoms with E-state index >= 15 is 0 Å². The topological polar surface area (TPSA) is 104 Å². The van der Waals surface area contributed by atoms with Crippen molar-refractivity contribution in [1.82, 2.24) is 29.1 Å². The Kier molecular flexibility index (Phi) is 9.25. The molecule has 0 unspecified atom stereocenters. The molecule has 10 nitrogen and oxygen atoms in total. The zero-order chi connectivity index (χ0) is 20.9. The number of sulfonamides is 1. The lowest BCUT2D eigenvalue weighted by Crippen LogP contribution is -2.54. The zero-order valence-corrected chi connectivity index (χ0v) is 20.7. The van der Waals surface area contributed by atoms with Gasteiger partial charge in [-0.2, -0.15) is 4.31 Å². The number of pyridine rings is 1. The summed E-state index contributed by atoms with van der Waals surface area (Å²) in [6.07, 6.45) is 1.95. The molecule has 1 fully saturated rings. The summed E-state index contributed by atoms with van der Waals surface area (Å²) in [5, 5.41) is 11.7. The average Bonchev–Trinajstić information content (AvgIpc) is 3.12. The van der Waals surface area contributed by atoms with Gasteiger partial charge in [0.1, 0.15) is 0 Å². The summed E-state index contributed by atoms with van der Waals surface area (Å²) >= 11 is 0. The number of halogens is 1. The number of nitrogens with zero attached hydrogens (tertiary/aromatic N) is 6. The highest BCUT2D eigenvalue weighted by Crippen LogP contribution is 2.09. The smallest absolute Gasteiger partial charge is 0.216 e. The minimum absolute atomic E-state index is 0. The molecule has 2 aromatic rings. The van der Waals surface area contributed by atoms with Gasteiger partial charge in [0, 0.05) is 39.4 Å². The summed E-state index contributed by atoms with van der Waals surface area (Å²) < 4.78 is 33.8. The molecule has 0 aliphatic carbocycles. The lowest BCUT2D eigenvalue weighted by atomic mass is 10.4. The number of guanidine groups is 1. The van der Waals surface area contributed by atoms with E-state index in [0.717, 1.165) is 17.4 Å². The van der Waals surface area contributed by atoms with Gasteiger partial charge in [0.25, 0.3) is 0 Å². The number of aromatic nitrogens is 3. The maximum absolute atomic E-state index is 12.5. The standard InChI is InChI=1S/C18H29N7O3S.HI/c1-15(2)28-12-13-29(26,27)24-10-8-23(9-11-24)18(19-3)20-14-17-22-21-16-6-4-5-7-25(16)17;/h4-7,15H,8-14H2,1-3H3,(H,19,20);1H. The number of hydrogen-bond acceptors (Lipinski definition) is 6. The molecule has 0 bridgehead atoms. The van der Waals surface area contributed by atoms with Crippen molar-refractivity contribution in [1.29, 1.82) is 0 Å². The van der Waals surface area contributed by atoms with E-state index in [-0.39, 0.29) is 42.4 Å². The van der Waals surface area contributed by atoms with Crippen LogP contribution in [0.2, 0.25) is 0 Å². The summed E-state index contributed by atoms with van der Waals surface area (Å²) in [7, 11) is -1.59. The summed E-state index contributed by atoms with van der Waals surface area (Å²) in [6.45, 7) is 6.49. The highest BCUT2D eigenvalue weighted by Gasteiger charge is 2.28. The van der Waals surface area contributed by atoms with Crippen molar-refractivity contribution in [2.45, 2.75) is 26.5 Å². The highest BCUT2D eigenvalue weighted by atomic mass is 127. The third-order valence-electron chi connectivity index (χ3n) is 4.72. The van der Waals surface area contributed by atoms with E-state index in [4.69, 9.17) is 4.74 Å². The molecule has 12 heteroatoms. The molecule has 3 heterocycles. The van der Waals surface area contributed by atoms with E-state index < -0.39 is 10.0 Å². The fourth-order valence-corrected chi connectivity index (χ4v) is 4.48. The van der Waals surface area contributed by atoms with Gasteiger partial charge in [-0.25, -0.2) is 8.42 Å². The Morgan fingerprint density at radius 2 is 1.97 bits per heavy atom. The Morgan fingerprint density at radius 3 is 2.63 bits per heavy atom. The van der Waals surface area contributed by atoms with E-state index in [1.54, 1.807) is 7.05 Å². The zero-order valence-electron chi connectivity index (χ0n) is 17.6. The first kappa shape index (κ1) is 24.8. The fraction of sp³-hybridized carbons (Fsp3) is 0.611. The largest absolute Gasteiger partial charge is 0.378 e. The van der Waals surface area contributed by atoms with E-state index in [2.05, 4.69) is 25.4 Å². The van der Waals surface area contributed by atoms with Crippen molar-refractivity contribution in [2.24, 2.45) is 4.99 Å². The van der Waals surface area contributed by atoms with Crippen LogP contribution in [0.15, 0.2) is 29.4 Å². The van der Waals surface area contributed by atoms with Crippen LogP contribution in [0.25, 0.3) is 5.65 Å². The van der Waals surface area contributed by atoms with Crippen molar-refractivity contribution >= 4 is 45.6 Å². The van der Waals surface area contributed by atoms with Crippen LogP contribution in [0.4, 0.5) is 0 Å². The number of aliphatic imine (C=N–C) groups is 1. The first-order valence-electron chi connectivity index (χ1n) is 9.74. The monoisotopic (exact) mass is 551 g/mol. The molecule has 0 amide bonds. The van der Waals surface area contributed by atoms with Crippen molar-refractivity contribution in [3.8, 4) is 0 Å². The Bertz CT molecular complexity index is 940. The van der Waals surface area contributed by atoms with Crippen molar-refractivity contribution < 1.29 is 13.2 Å². The molecule has 3 rings (SSSR count). The van der Waals surface area contributed by atoms with Crippen LogP contribution in [0.1, 0.15) is 19.7 Å². The summed E-state index contributed by atoms with van der Waals surface area (Å²) in [5.74, 6) is 1.52. The molecule has 0 spiro atoms. The molecule has 30 heavy (non-hydrogen) atoms. The van der Waals surface area contributed by atoms with Gasteiger partial charge >= 0.3 is 0 Å². The Hall–Kier alpha value is -1.51. The Labute approximate surface area is 194 Å². The summed E-state index contributed by atoms with van der Waals surface area (Å²) in [5.41, 5.74) is 0.791. The van der Waals surface area contributed by atoms with E-state index in [1.165, 1.54) is 4.31 Å². The van der Waals surface area contributed by atoms with E-state index in [1.807, 2.05) is 42.6 Å². The second-order valence-corrected chi connectivity index (χ2v) is 9.16. The molecule has 1 aliphatic rings. The number of rotatable bonds is 7. The third kappa shape index (κ3) is 6.25. The first-order chi connectivity index (χ1) is 13.9. The lowest BCUT2D eigenvalue weighted by Gasteiger charge is -2.35. The minimum Gasteiger partial charge on any atom is -0.378 e. The molecule has 0 atom stereocenters. The predicted molar refractivity (Wildman–Crippen MR) is 127 cm³/mol. The van der Waals surface area contributed by atoms with Gasteiger partial charge in [-0.3, -0.25) is 9.39 Å². The van der Waals surface area contributed by atoms with Crippen LogP contribution in [0.5, 0.6) is 0 Å². The van der Waals surface area contributed by atoms with Crippen LogP contribution >= 0.6 is 24.0 Å². The van der Waals surface area contributed by atoms with Gasteiger partial charge in [-0.05, 0) is 26.0 Å². The maximum atomic E-state index is 12.5. The molecular formula is C18H30IN7O3S. The molecule has 1 aliphatic heterocycles. The highest BCUT2D eigenvalue weighted by molar-refractivity contribution is 14.0. The van der Waals surface area contributed by atoms with Gasteiger partial charge in [0.15, 0.2) is 17.4 Å². The van der Waals surface area contributed by atoms with E-state index in [9.17, 15) is 8.42 Å². The SMILES string of the molecule is CN=C(NCc1nnc2ccccn12)N1CCN(S(=O)(=O)CCOC(C)C)CC1.I. The normalized spacial score (nSPS) is 16.1. The van der Waals surface area contributed by atoms with Crippen molar-refractivity contribution in [2.75, 3.05) is 45.6 Å². The number of piperazine rings is 1. The van der Waals surface area contributed by atoms with Gasteiger partial charge in [0.2, 0.25) is 10.0 Å². The molecule has 0 saturated carbocycles. The van der Waals surface area contributed by atoms with Crippen LogP contribution in [-0.2, 0) is 21.3 Å². The predicted octanol–water partition coefficient (Wildman–Crippen LogP) is 0.795. The first-order valence-corrected chi connectivity index (χ1v) is 11.4. The second kappa shape index (κ2) is 11.2. The Balaban J connectivity index is 0.00000320. The fourth-order valence-electron chi connectivity index (χ4n) is 3.20. The second-order valence-electron chi connectivity index (χ2n) is 7.07. The van der Waals surface area contributed by atoms with Gasteiger partial charge in [-0.1, -0.05) is 6.07 Å². The quantitative estimate of drug-likeness (QED) is 0.309. The number of fused-ring (bicyclic) bond motifs is 1. The molecule has 2 aromatic heterocycles. The number of ether oxygens (including phenoxy) is 1. The van der Waals surface area contributed by atoms with E-state index in [0.29, 0.717) is 32.7 Å². The number of nitrogens with one attached hydrogen (secondary N) is 1. The van der Waals surface area contributed by atoms with Gasteiger partial charge < -0.3 is 15.0 Å². The molecule has 0 aromatic carbocycles. The number of hydrogen-bond donors (Lipinski definition) is 1. The summed E-state index contributed by atoms with van der Waals surface area (Å²) in [4.78, 5) is 6.39. The third-order valence-corrected chi connectivity index (χ3v) is 6.56. The lowest BCUT2D eigenvalue weighted by molar-refractivity contribution is 0.0904. The van der Waals surface area contributed by atoms with Gasteiger partial charge in [0.05, 0.1) is 25.0 Å². The van der Waals surface area contributed by atoms with Crippen LogP contribution < -0.4 is 5.32 Å². The van der Waals surface area contributed by atoms with Crippen molar-refractivity contribution in [3.05, 3.63) is 30.2 Å². The van der Waals surface area contributed by atoms with Crippen LogP contribution in [0, 0.1) is 0 Å². The Morgan fingerprint density at radius 1 is 1.23 bits per heavy atom. The van der Waals surface area contributed by atoms with Crippen LogP contribution in [0.3, 0.4) is 0 Å². The minimum atomic E-state index is -3.31. The maximum Gasteiger partial charge on any atom is 0.216 e. The molecule has 0 radical (unpaired) electrons. The molecule has 168 valence electrons. The van der Waals surface area contributed by atoms with Gasteiger partial charge in [-0.15, -0.1) is 34.2 Å². The summed E-state index contributed by atoms with van der Waals surface area (Å²) in [6, 6.07) is 5.75. The van der Waals surface area contributed by atoms with Crippen LogP contribution in [-0.4, -0.2) is 89.9 Å². The molecule has 1 N–H and O–H groups in total.